The fourth-order valence-electron chi connectivity index (χ4n) is 3.25. The number of hydrogen-bond donors (Lipinski definition) is 0. The van der Waals surface area contributed by atoms with Gasteiger partial charge in [0.15, 0.2) is 17.2 Å². The molecule has 3 aromatic rings. The van der Waals surface area contributed by atoms with Crippen molar-refractivity contribution in [3.05, 3.63) is 65.0 Å². The summed E-state index contributed by atoms with van der Waals surface area (Å²) in [5.41, 5.74) is 2.60. The summed E-state index contributed by atoms with van der Waals surface area (Å²) in [6.07, 6.45) is 1.57. The molecule has 0 atom stereocenters. The lowest BCUT2D eigenvalue weighted by Gasteiger charge is -2.12. The Hall–Kier alpha value is -4.07. The van der Waals surface area contributed by atoms with Gasteiger partial charge in [-0.1, -0.05) is 35.5 Å². The first-order chi connectivity index (χ1) is 15.0. The summed E-state index contributed by atoms with van der Waals surface area (Å²) in [6.45, 7) is 1.74. The second kappa shape index (κ2) is 8.35. The van der Waals surface area contributed by atoms with Crippen LogP contribution in [-0.4, -0.2) is 38.4 Å². The number of carbonyl (C=O) groups excluding carboxylic acids is 1. The number of rotatable bonds is 6. The van der Waals surface area contributed by atoms with E-state index in [1.165, 1.54) is 21.3 Å². The van der Waals surface area contributed by atoms with E-state index in [2.05, 4.69) is 10.1 Å². The molecule has 2 heterocycles. The van der Waals surface area contributed by atoms with Crippen LogP contribution in [0.2, 0.25) is 0 Å². The Morgan fingerprint density at radius 1 is 0.935 bits per heavy atom. The van der Waals surface area contributed by atoms with Gasteiger partial charge in [0.1, 0.15) is 22.8 Å². The molecule has 0 unspecified atom stereocenters. The van der Waals surface area contributed by atoms with E-state index < -0.39 is 5.97 Å². The van der Waals surface area contributed by atoms with Gasteiger partial charge in [-0.2, -0.15) is 0 Å². The Morgan fingerprint density at radius 3 is 2.29 bits per heavy atom. The molecule has 0 bridgehead atoms. The summed E-state index contributed by atoms with van der Waals surface area (Å²) in [5, 5.41) is 4.12. The quantitative estimate of drug-likeness (QED) is 0.439. The molecule has 0 radical (unpaired) electrons. The first-order valence-corrected chi connectivity index (χ1v) is 9.40. The van der Waals surface area contributed by atoms with Crippen LogP contribution in [0.4, 0.5) is 0 Å². The van der Waals surface area contributed by atoms with Gasteiger partial charge in [0.25, 0.3) is 0 Å². The van der Waals surface area contributed by atoms with Crippen LogP contribution in [0, 0.1) is 6.92 Å². The predicted molar refractivity (Wildman–Crippen MR) is 113 cm³/mol. The smallest absolute Gasteiger partial charge is 0.363 e. The van der Waals surface area contributed by atoms with Crippen LogP contribution < -0.4 is 14.2 Å². The van der Waals surface area contributed by atoms with E-state index >= 15 is 0 Å². The first-order valence-electron chi connectivity index (χ1n) is 9.40. The van der Waals surface area contributed by atoms with Gasteiger partial charge in [-0.15, -0.1) is 0 Å². The van der Waals surface area contributed by atoms with Crippen molar-refractivity contribution >= 4 is 17.9 Å². The minimum atomic E-state index is -0.591. The summed E-state index contributed by atoms with van der Waals surface area (Å²) in [5.74, 6) is 1.53. The zero-order chi connectivity index (χ0) is 22.0. The van der Waals surface area contributed by atoms with Crippen molar-refractivity contribution < 1.29 is 28.3 Å². The molecule has 0 fully saturated rings. The van der Waals surface area contributed by atoms with Crippen LogP contribution in [0.15, 0.2) is 57.7 Å². The summed E-state index contributed by atoms with van der Waals surface area (Å²) in [7, 11) is 4.59. The molecule has 0 aliphatic carbocycles. The van der Waals surface area contributed by atoms with Gasteiger partial charge in [0, 0.05) is 17.2 Å². The van der Waals surface area contributed by atoms with Crippen molar-refractivity contribution in [2.24, 2.45) is 4.99 Å². The molecular formula is C23H20N2O6. The highest BCUT2D eigenvalue weighted by atomic mass is 16.6. The third-order valence-electron chi connectivity index (χ3n) is 4.77. The number of esters is 1. The van der Waals surface area contributed by atoms with E-state index in [0.717, 1.165) is 5.56 Å². The van der Waals surface area contributed by atoms with E-state index in [-0.39, 0.29) is 11.6 Å². The number of benzene rings is 2. The van der Waals surface area contributed by atoms with Crippen molar-refractivity contribution in [1.82, 2.24) is 5.16 Å². The molecule has 0 saturated heterocycles. The molecule has 158 valence electrons. The Morgan fingerprint density at radius 2 is 1.61 bits per heavy atom. The van der Waals surface area contributed by atoms with Crippen LogP contribution in [-0.2, 0) is 9.53 Å². The molecule has 1 aromatic heterocycles. The topological polar surface area (TPSA) is 92.4 Å². The summed E-state index contributed by atoms with van der Waals surface area (Å²) >= 11 is 0. The fraction of sp³-hybridized carbons (Fsp3) is 0.174. The van der Waals surface area contributed by atoms with E-state index in [1.807, 2.05) is 30.3 Å². The van der Waals surface area contributed by atoms with Crippen molar-refractivity contribution in [3.8, 4) is 28.5 Å². The lowest BCUT2D eigenvalue weighted by molar-refractivity contribution is -0.129. The summed E-state index contributed by atoms with van der Waals surface area (Å²) in [4.78, 5) is 17.0. The normalized spacial score (nSPS) is 14.4. The molecule has 0 spiro atoms. The molecule has 4 rings (SSSR count). The Balaban J connectivity index is 1.78. The maximum atomic E-state index is 12.6. The first kappa shape index (κ1) is 20.2. The maximum absolute atomic E-state index is 12.6. The van der Waals surface area contributed by atoms with Gasteiger partial charge in [0.05, 0.1) is 21.3 Å². The Bertz CT molecular complexity index is 1190. The van der Waals surface area contributed by atoms with Gasteiger partial charge < -0.3 is 23.5 Å². The highest BCUT2D eigenvalue weighted by Gasteiger charge is 2.30. The third kappa shape index (κ3) is 3.75. The van der Waals surface area contributed by atoms with Crippen molar-refractivity contribution in [1.29, 1.82) is 0 Å². The van der Waals surface area contributed by atoms with Gasteiger partial charge in [0.2, 0.25) is 5.90 Å². The Kier molecular flexibility index (Phi) is 5.44. The molecule has 1 aliphatic rings. The lowest BCUT2D eigenvalue weighted by Crippen LogP contribution is -2.07. The minimum Gasteiger partial charge on any atom is -0.496 e. The number of aliphatic imine (C=N–C) groups is 1. The number of nitrogens with zero attached hydrogens (tertiary/aromatic N) is 2. The lowest BCUT2D eigenvalue weighted by atomic mass is 10.1. The molecule has 1 aliphatic heterocycles. The second-order valence-electron chi connectivity index (χ2n) is 6.61. The van der Waals surface area contributed by atoms with Gasteiger partial charge in [-0.25, -0.2) is 9.79 Å². The van der Waals surface area contributed by atoms with Crippen LogP contribution >= 0.6 is 0 Å². The SMILES string of the molecule is COc1cc(OC)c(OC)cc1/C=C1\N=C(c2c(-c3ccccc3)noc2C)OC1=O. The molecule has 8 heteroatoms. The van der Waals surface area contributed by atoms with Crippen molar-refractivity contribution in [2.75, 3.05) is 21.3 Å². The zero-order valence-corrected chi connectivity index (χ0v) is 17.5. The summed E-state index contributed by atoms with van der Waals surface area (Å²) in [6, 6.07) is 12.8. The molecule has 31 heavy (non-hydrogen) atoms. The highest BCUT2D eigenvalue weighted by molar-refractivity contribution is 6.15. The highest BCUT2D eigenvalue weighted by Crippen LogP contribution is 2.36. The number of methoxy groups -OCH3 is 3. The standard InChI is InChI=1S/C23H20N2O6/c1-13-20(21(25-31-13)14-8-6-5-7-9-14)22-24-16(23(26)30-22)10-15-11-18(28-3)19(29-4)12-17(15)27-2/h5-12H,1-4H3/b16-10-. The number of cyclic esters (lactones) is 1. The van der Waals surface area contributed by atoms with Crippen LogP contribution in [0.25, 0.3) is 17.3 Å². The predicted octanol–water partition coefficient (Wildman–Crippen LogP) is 4.02. The van der Waals surface area contributed by atoms with E-state index in [4.69, 9.17) is 23.5 Å². The second-order valence-corrected chi connectivity index (χ2v) is 6.61. The summed E-state index contributed by atoms with van der Waals surface area (Å²) < 4.78 is 26.9. The molecular weight excluding hydrogens is 400 g/mol. The number of hydrogen-bond acceptors (Lipinski definition) is 8. The Labute approximate surface area is 178 Å². The molecule has 8 nitrogen and oxygen atoms in total. The van der Waals surface area contributed by atoms with E-state index in [9.17, 15) is 4.79 Å². The van der Waals surface area contributed by atoms with Crippen LogP contribution in [0.5, 0.6) is 17.2 Å². The number of aryl methyl sites for hydroxylation is 1. The largest absolute Gasteiger partial charge is 0.496 e. The van der Waals surface area contributed by atoms with E-state index in [0.29, 0.717) is 39.8 Å². The molecule has 0 N–H and O–H groups in total. The maximum Gasteiger partial charge on any atom is 0.363 e. The van der Waals surface area contributed by atoms with Gasteiger partial charge in [-0.05, 0) is 19.1 Å². The van der Waals surface area contributed by atoms with Gasteiger partial charge in [-0.3, -0.25) is 0 Å². The number of carbonyl (C=O) groups is 1. The average Bonchev–Trinajstić information content (AvgIpc) is 3.35. The van der Waals surface area contributed by atoms with Gasteiger partial charge >= 0.3 is 5.97 Å². The third-order valence-corrected chi connectivity index (χ3v) is 4.77. The molecule has 0 amide bonds. The number of ether oxygens (including phenoxy) is 4. The van der Waals surface area contributed by atoms with Crippen LogP contribution in [0.3, 0.4) is 0 Å². The van der Waals surface area contributed by atoms with Crippen molar-refractivity contribution in [2.45, 2.75) is 6.92 Å². The number of aromatic nitrogens is 1. The average molecular weight is 420 g/mol. The van der Waals surface area contributed by atoms with Crippen molar-refractivity contribution in [3.63, 3.8) is 0 Å². The molecule has 0 saturated carbocycles. The van der Waals surface area contributed by atoms with E-state index in [1.54, 1.807) is 25.1 Å². The zero-order valence-electron chi connectivity index (χ0n) is 17.5. The molecule has 2 aromatic carbocycles. The van der Waals surface area contributed by atoms with Crippen LogP contribution in [0.1, 0.15) is 16.9 Å². The fourth-order valence-corrected chi connectivity index (χ4v) is 3.25. The minimum absolute atomic E-state index is 0.111. The monoisotopic (exact) mass is 420 g/mol.